The average Bonchev–Trinajstić information content (AvgIpc) is 2.79. The van der Waals surface area contributed by atoms with E-state index < -0.39 is 20.9 Å². The van der Waals surface area contributed by atoms with E-state index >= 15 is 0 Å². The lowest BCUT2D eigenvalue weighted by Gasteiger charge is -2.26. The number of methoxy groups -OCH3 is 1. The van der Waals surface area contributed by atoms with E-state index in [1.165, 1.54) is 29.6 Å². The fraction of sp³-hybridized carbons (Fsp3) is 0.381. The van der Waals surface area contributed by atoms with Gasteiger partial charge in [-0.05, 0) is 43.5 Å². The molecule has 2 N–H and O–H groups in total. The van der Waals surface area contributed by atoms with Gasteiger partial charge in [-0.2, -0.15) is 4.31 Å². The number of rotatable bonds is 8. The predicted octanol–water partition coefficient (Wildman–Crippen LogP) is 3.14. The van der Waals surface area contributed by atoms with Crippen LogP contribution in [0.5, 0.6) is 5.75 Å². The minimum absolute atomic E-state index is 0.131. The summed E-state index contributed by atoms with van der Waals surface area (Å²) in [6, 6.07) is 8.71. The minimum Gasteiger partial charge on any atom is -0.494 e. The first-order chi connectivity index (χ1) is 15.2. The van der Waals surface area contributed by atoms with Crippen molar-refractivity contribution in [1.82, 2.24) is 4.31 Å². The van der Waals surface area contributed by atoms with Crippen LogP contribution in [0.3, 0.4) is 0 Å². The number of non-ortho nitro benzene ring substituents is 1. The van der Waals surface area contributed by atoms with Crippen molar-refractivity contribution >= 4 is 33.0 Å². The zero-order chi connectivity index (χ0) is 23.3. The minimum atomic E-state index is -3.59. The van der Waals surface area contributed by atoms with E-state index in [0.717, 1.165) is 24.8 Å². The van der Waals surface area contributed by atoms with Crippen LogP contribution < -0.4 is 15.4 Å². The summed E-state index contributed by atoms with van der Waals surface area (Å²) in [5, 5.41) is 16.5. The number of nitrogens with zero attached hydrogens (tertiary/aromatic N) is 2. The molecule has 1 aliphatic heterocycles. The third-order valence-corrected chi connectivity index (χ3v) is 7.17. The molecule has 2 aromatic rings. The van der Waals surface area contributed by atoms with E-state index in [-0.39, 0.29) is 22.9 Å². The second kappa shape index (κ2) is 9.96. The molecule has 0 saturated carbocycles. The Hall–Kier alpha value is -3.18. The van der Waals surface area contributed by atoms with Gasteiger partial charge in [-0.15, -0.1) is 0 Å². The molecule has 32 heavy (non-hydrogen) atoms. The maximum absolute atomic E-state index is 12.9. The van der Waals surface area contributed by atoms with Gasteiger partial charge in [-0.25, -0.2) is 8.42 Å². The lowest BCUT2D eigenvalue weighted by Crippen LogP contribution is -2.35. The summed E-state index contributed by atoms with van der Waals surface area (Å²) in [7, 11) is -2.24. The molecule has 0 unspecified atom stereocenters. The van der Waals surface area contributed by atoms with E-state index in [2.05, 4.69) is 10.6 Å². The zero-order valence-electron chi connectivity index (χ0n) is 18.0. The van der Waals surface area contributed by atoms with Gasteiger partial charge < -0.3 is 15.4 Å². The molecular formula is C21H26N4O6S. The number of hydrogen-bond donors (Lipinski definition) is 2. The predicted molar refractivity (Wildman–Crippen MR) is 121 cm³/mol. The van der Waals surface area contributed by atoms with Gasteiger partial charge in [0.25, 0.3) is 5.69 Å². The highest BCUT2D eigenvalue weighted by Crippen LogP contribution is 2.29. The van der Waals surface area contributed by atoms with Gasteiger partial charge in [0.05, 0.1) is 35.2 Å². The number of carbonyl (C=O) groups excluding carboxylic acids is 1. The Morgan fingerprint density at radius 1 is 1.12 bits per heavy atom. The van der Waals surface area contributed by atoms with Crippen molar-refractivity contribution in [3.8, 4) is 5.75 Å². The molecule has 1 heterocycles. The molecule has 10 nitrogen and oxygen atoms in total. The van der Waals surface area contributed by atoms with E-state index in [4.69, 9.17) is 4.74 Å². The van der Waals surface area contributed by atoms with Crippen LogP contribution in [0.25, 0.3) is 0 Å². The number of nitrogens with one attached hydrogen (secondary N) is 2. The largest absolute Gasteiger partial charge is 0.494 e. The number of anilines is 2. The number of sulfonamides is 1. The number of benzene rings is 2. The standard InChI is InChI=1S/C21H26N4O6S/c1-15-6-8-17(32(29,30)24-10-4-3-5-11-24)13-19(15)22-14-21(26)23-18-9-7-16(25(27)28)12-20(18)31-2/h6-9,12-13,22H,3-5,10-11,14H2,1-2H3,(H,23,26). The number of nitro benzene ring substituents is 1. The molecule has 1 saturated heterocycles. The summed E-state index contributed by atoms with van der Waals surface area (Å²) in [5.41, 5.74) is 1.47. The van der Waals surface area contributed by atoms with Gasteiger partial charge in [0.1, 0.15) is 5.75 Å². The van der Waals surface area contributed by atoms with Crippen LogP contribution in [0, 0.1) is 17.0 Å². The molecule has 2 aromatic carbocycles. The molecule has 1 fully saturated rings. The van der Waals surface area contributed by atoms with Gasteiger partial charge in [0.15, 0.2) is 0 Å². The summed E-state index contributed by atoms with van der Waals surface area (Å²) in [6.07, 6.45) is 2.73. The van der Waals surface area contributed by atoms with Gasteiger partial charge in [-0.1, -0.05) is 12.5 Å². The van der Waals surface area contributed by atoms with Crippen molar-refractivity contribution in [2.45, 2.75) is 31.1 Å². The van der Waals surface area contributed by atoms with Gasteiger partial charge in [-0.3, -0.25) is 14.9 Å². The quantitative estimate of drug-likeness (QED) is 0.455. The monoisotopic (exact) mass is 462 g/mol. The number of aryl methyl sites for hydroxylation is 1. The van der Waals surface area contributed by atoms with Crippen LogP contribution in [0.1, 0.15) is 24.8 Å². The topological polar surface area (TPSA) is 131 Å². The molecule has 0 radical (unpaired) electrons. The van der Waals surface area contributed by atoms with E-state index in [9.17, 15) is 23.3 Å². The molecule has 172 valence electrons. The average molecular weight is 463 g/mol. The summed E-state index contributed by atoms with van der Waals surface area (Å²) < 4.78 is 32.5. The highest BCUT2D eigenvalue weighted by atomic mass is 32.2. The van der Waals surface area contributed by atoms with Crippen molar-refractivity contribution in [2.75, 3.05) is 37.4 Å². The van der Waals surface area contributed by atoms with Crippen molar-refractivity contribution in [3.05, 3.63) is 52.1 Å². The van der Waals surface area contributed by atoms with Crippen LogP contribution >= 0.6 is 0 Å². The Balaban J connectivity index is 1.70. The summed E-state index contributed by atoms with van der Waals surface area (Å²) in [5.74, 6) is -0.251. The Labute approximate surface area is 186 Å². The second-order valence-electron chi connectivity index (χ2n) is 7.48. The zero-order valence-corrected chi connectivity index (χ0v) is 18.8. The Kier molecular flexibility index (Phi) is 7.31. The molecule has 1 amide bonds. The Bertz CT molecular complexity index is 1110. The smallest absolute Gasteiger partial charge is 0.273 e. The first kappa shape index (κ1) is 23.5. The molecule has 0 aliphatic carbocycles. The molecule has 0 aromatic heterocycles. The van der Waals surface area contributed by atoms with Gasteiger partial charge >= 0.3 is 0 Å². The normalized spacial score (nSPS) is 14.6. The first-order valence-electron chi connectivity index (χ1n) is 10.2. The first-order valence-corrected chi connectivity index (χ1v) is 11.6. The van der Waals surface area contributed by atoms with E-state index in [1.54, 1.807) is 18.2 Å². The molecule has 0 bridgehead atoms. The highest BCUT2D eigenvalue weighted by molar-refractivity contribution is 7.89. The molecule has 3 rings (SSSR count). The number of piperidine rings is 1. The van der Waals surface area contributed by atoms with Gasteiger partial charge in [0, 0.05) is 24.8 Å². The second-order valence-corrected chi connectivity index (χ2v) is 9.42. The van der Waals surface area contributed by atoms with Crippen LogP contribution in [0.2, 0.25) is 0 Å². The summed E-state index contributed by atoms with van der Waals surface area (Å²) >= 11 is 0. The number of nitro groups is 1. The van der Waals surface area contributed by atoms with Crippen molar-refractivity contribution in [2.24, 2.45) is 0 Å². The van der Waals surface area contributed by atoms with E-state index in [0.29, 0.717) is 24.5 Å². The van der Waals surface area contributed by atoms with Crippen molar-refractivity contribution < 1.29 is 22.9 Å². The number of hydrogen-bond acceptors (Lipinski definition) is 7. The van der Waals surface area contributed by atoms with Crippen LogP contribution in [0.4, 0.5) is 17.1 Å². The highest BCUT2D eigenvalue weighted by Gasteiger charge is 2.26. The molecule has 1 aliphatic rings. The van der Waals surface area contributed by atoms with Crippen LogP contribution in [-0.2, 0) is 14.8 Å². The number of amides is 1. The SMILES string of the molecule is COc1cc([N+](=O)[O-])ccc1NC(=O)CNc1cc(S(=O)(=O)N2CCCCC2)ccc1C. The Morgan fingerprint density at radius 2 is 1.84 bits per heavy atom. The lowest BCUT2D eigenvalue weighted by molar-refractivity contribution is -0.384. The maximum atomic E-state index is 12.9. The molecular weight excluding hydrogens is 436 g/mol. The number of carbonyl (C=O) groups is 1. The summed E-state index contributed by atoms with van der Waals surface area (Å²) in [6.45, 7) is 2.71. The third-order valence-electron chi connectivity index (χ3n) is 5.27. The Morgan fingerprint density at radius 3 is 2.50 bits per heavy atom. The van der Waals surface area contributed by atoms with Gasteiger partial charge in [0.2, 0.25) is 15.9 Å². The van der Waals surface area contributed by atoms with Crippen LogP contribution in [-0.4, -0.2) is 50.3 Å². The summed E-state index contributed by atoms with van der Waals surface area (Å²) in [4.78, 5) is 23.0. The number of ether oxygens (including phenoxy) is 1. The fourth-order valence-corrected chi connectivity index (χ4v) is 5.02. The van der Waals surface area contributed by atoms with E-state index in [1.807, 2.05) is 6.92 Å². The van der Waals surface area contributed by atoms with Crippen molar-refractivity contribution in [3.63, 3.8) is 0 Å². The maximum Gasteiger partial charge on any atom is 0.273 e. The molecule has 0 atom stereocenters. The fourth-order valence-electron chi connectivity index (χ4n) is 3.47. The lowest BCUT2D eigenvalue weighted by atomic mass is 10.2. The third kappa shape index (κ3) is 5.35. The molecule has 0 spiro atoms. The van der Waals surface area contributed by atoms with Crippen LogP contribution in [0.15, 0.2) is 41.3 Å². The van der Waals surface area contributed by atoms with Crippen molar-refractivity contribution in [1.29, 1.82) is 0 Å². The molecule has 11 heteroatoms.